The van der Waals surface area contributed by atoms with Gasteiger partial charge < -0.3 is 0 Å². The molecular weight excluding hydrogens is 340 g/mol. The van der Waals surface area contributed by atoms with Crippen LogP contribution >= 0.6 is 11.8 Å². The van der Waals surface area contributed by atoms with Crippen LogP contribution in [-0.2, 0) is 25.0 Å². The number of rotatable bonds is 7. The highest BCUT2D eigenvalue weighted by atomic mass is 32.2. The highest BCUT2D eigenvalue weighted by Gasteiger charge is 2.32. The fraction of sp³-hybridized carbons (Fsp3) is 0.222. The average Bonchev–Trinajstić information content (AvgIpc) is 2.97. The number of benzene rings is 1. The molecule has 1 saturated heterocycles. The number of amides is 2. The van der Waals surface area contributed by atoms with E-state index in [1.54, 1.807) is 30.1 Å². The van der Waals surface area contributed by atoms with Crippen LogP contribution in [0.3, 0.4) is 0 Å². The largest absolute Gasteiger partial charge is 0.300 e. The summed E-state index contributed by atoms with van der Waals surface area (Å²) in [6, 6.07) is 13.0. The Morgan fingerprint density at radius 3 is 2.44 bits per heavy atom. The highest BCUT2D eigenvalue weighted by Crippen LogP contribution is 2.24. The maximum absolute atomic E-state index is 11.6. The van der Waals surface area contributed by atoms with Gasteiger partial charge in [-0.25, -0.2) is 9.82 Å². The molecule has 1 aromatic carbocycles. The van der Waals surface area contributed by atoms with E-state index >= 15 is 0 Å². The van der Waals surface area contributed by atoms with Gasteiger partial charge in [0, 0.05) is 24.8 Å². The molecule has 2 heterocycles. The van der Waals surface area contributed by atoms with Crippen LogP contribution in [0.2, 0.25) is 0 Å². The first-order valence-electron chi connectivity index (χ1n) is 7.78. The molecule has 0 bridgehead atoms. The first-order chi connectivity index (χ1) is 12.2. The normalized spacial score (nSPS) is 15.4. The number of aldehydes is 1. The number of hydrogen-bond donors (Lipinski definition) is 0. The summed E-state index contributed by atoms with van der Waals surface area (Å²) in [6.45, 7) is 0. The summed E-state index contributed by atoms with van der Waals surface area (Å²) in [7, 11) is 0. The third-order valence-electron chi connectivity index (χ3n) is 3.68. The number of pyridine rings is 1. The van der Waals surface area contributed by atoms with Gasteiger partial charge in [-0.05, 0) is 23.3 Å². The Bertz CT molecular complexity index is 748. The van der Waals surface area contributed by atoms with E-state index in [9.17, 15) is 14.4 Å². The van der Waals surface area contributed by atoms with Gasteiger partial charge in [-0.3, -0.25) is 14.4 Å². The monoisotopic (exact) mass is 356 g/mol. The molecule has 1 aliphatic rings. The molecule has 0 saturated carbocycles. The lowest BCUT2D eigenvalue weighted by atomic mass is 10.1. The van der Waals surface area contributed by atoms with E-state index in [-0.39, 0.29) is 12.8 Å². The number of aromatic nitrogens is 1. The first-order valence-corrected chi connectivity index (χ1v) is 8.76. The maximum Gasteiger partial charge on any atom is 0.254 e. The summed E-state index contributed by atoms with van der Waals surface area (Å²) >= 11 is 1.61. The number of thioether (sulfide) groups is 1. The highest BCUT2D eigenvalue weighted by molar-refractivity contribution is 7.98. The molecule has 0 radical (unpaired) electrons. The van der Waals surface area contributed by atoms with Gasteiger partial charge in [0.1, 0.15) is 0 Å². The second-order valence-electron chi connectivity index (χ2n) is 5.44. The standard InChI is InChI=1S/C18H16N2O4S/c21-11-15(24-20-17(22)8-9-18(20)23)14-6-4-13(5-7-14)12-25-16-3-1-2-10-19-16/h1-7,10-11,15H,8-9,12H2. The molecule has 3 rings (SSSR count). The average molecular weight is 356 g/mol. The molecule has 1 atom stereocenters. The van der Waals surface area contributed by atoms with E-state index in [4.69, 9.17) is 4.84 Å². The smallest absolute Gasteiger partial charge is 0.254 e. The van der Waals surface area contributed by atoms with Crippen molar-refractivity contribution in [2.75, 3.05) is 0 Å². The van der Waals surface area contributed by atoms with Gasteiger partial charge in [0.15, 0.2) is 12.4 Å². The van der Waals surface area contributed by atoms with Crippen molar-refractivity contribution < 1.29 is 19.2 Å². The lowest BCUT2D eigenvalue weighted by Crippen LogP contribution is -2.31. The minimum Gasteiger partial charge on any atom is -0.300 e. The van der Waals surface area contributed by atoms with E-state index in [0.29, 0.717) is 16.9 Å². The van der Waals surface area contributed by atoms with E-state index in [1.165, 1.54) is 0 Å². The molecule has 1 aromatic heterocycles. The van der Waals surface area contributed by atoms with Crippen molar-refractivity contribution in [2.45, 2.75) is 29.7 Å². The fourth-order valence-electron chi connectivity index (χ4n) is 2.34. The topological polar surface area (TPSA) is 76.6 Å². The Morgan fingerprint density at radius 2 is 1.84 bits per heavy atom. The Hall–Kier alpha value is -2.51. The summed E-state index contributed by atoms with van der Waals surface area (Å²) in [5.74, 6) is -0.0898. The summed E-state index contributed by atoms with van der Waals surface area (Å²) < 4.78 is 0. The zero-order valence-electron chi connectivity index (χ0n) is 13.3. The van der Waals surface area contributed by atoms with Crippen molar-refractivity contribution in [3.05, 3.63) is 59.8 Å². The van der Waals surface area contributed by atoms with Gasteiger partial charge in [0.05, 0.1) is 5.03 Å². The van der Waals surface area contributed by atoms with Crippen molar-refractivity contribution in [3.63, 3.8) is 0 Å². The molecule has 0 N–H and O–H groups in total. The fourth-order valence-corrected chi connectivity index (χ4v) is 3.16. The Kier molecular flexibility index (Phi) is 5.57. The van der Waals surface area contributed by atoms with Crippen LogP contribution in [0.25, 0.3) is 0 Å². The molecule has 6 nitrogen and oxygen atoms in total. The van der Waals surface area contributed by atoms with Crippen LogP contribution in [0.1, 0.15) is 30.1 Å². The lowest BCUT2D eigenvalue weighted by Gasteiger charge is -2.18. The van der Waals surface area contributed by atoms with Gasteiger partial charge in [0.25, 0.3) is 11.8 Å². The Morgan fingerprint density at radius 1 is 1.12 bits per heavy atom. The number of imide groups is 1. The summed E-state index contributed by atoms with van der Waals surface area (Å²) in [5.41, 5.74) is 1.66. The molecule has 128 valence electrons. The van der Waals surface area contributed by atoms with E-state index in [0.717, 1.165) is 16.3 Å². The molecule has 1 unspecified atom stereocenters. The SMILES string of the molecule is O=CC(ON1C(=O)CCC1=O)c1ccc(CSc2ccccn2)cc1. The number of hydrogen-bond acceptors (Lipinski definition) is 6. The summed E-state index contributed by atoms with van der Waals surface area (Å²) in [5, 5.41) is 1.64. The third kappa shape index (κ3) is 4.32. The Labute approximate surface area is 149 Å². The van der Waals surface area contributed by atoms with Crippen LogP contribution in [-0.4, -0.2) is 28.1 Å². The second kappa shape index (κ2) is 8.04. The van der Waals surface area contributed by atoms with E-state index in [2.05, 4.69) is 4.98 Å². The maximum atomic E-state index is 11.6. The second-order valence-corrected chi connectivity index (χ2v) is 6.44. The van der Waals surface area contributed by atoms with Gasteiger partial charge in [-0.2, -0.15) is 5.06 Å². The van der Waals surface area contributed by atoms with Crippen LogP contribution in [0.15, 0.2) is 53.7 Å². The van der Waals surface area contributed by atoms with Gasteiger partial charge in [0.2, 0.25) is 0 Å². The van der Waals surface area contributed by atoms with Crippen molar-refractivity contribution in [1.29, 1.82) is 0 Å². The van der Waals surface area contributed by atoms with Crippen LogP contribution in [0, 0.1) is 0 Å². The van der Waals surface area contributed by atoms with Crippen LogP contribution < -0.4 is 0 Å². The summed E-state index contributed by atoms with van der Waals surface area (Å²) in [4.78, 5) is 44.1. The zero-order chi connectivity index (χ0) is 17.6. The molecule has 1 fully saturated rings. The zero-order valence-corrected chi connectivity index (χ0v) is 14.1. The molecule has 0 aliphatic carbocycles. The molecule has 25 heavy (non-hydrogen) atoms. The quantitative estimate of drug-likeness (QED) is 0.431. The van der Waals surface area contributed by atoms with E-state index < -0.39 is 17.9 Å². The number of carbonyl (C=O) groups excluding carboxylic acids is 3. The number of hydroxylamine groups is 2. The lowest BCUT2D eigenvalue weighted by molar-refractivity contribution is -0.201. The minimum atomic E-state index is -0.983. The third-order valence-corrected chi connectivity index (χ3v) is 4.70. The van der Waals surface area contributed by atoms with Gasteiger partial charge in [-0.15, -0.1) is 11.8 Å². The van der Waals surface area contributed by atoms with Crippen LogP contribution in [0.4, 0.5) is 0 Å². The molecule has 1 aliphatic heterocycles. The predicted octanol–water partition coefficient (Wildman–Crippen LogP) is 2.69. The number of carbonyl (C=O) groups is 3. The molecule has 7 heteroatoms. The van der Waals surface area contributed by atoms with Crippen LogP contribution in [0.5, 0.6) is 0 Å². The minimum absolute atomic E-state index is 0.119. The van der Waals surface area contributed by atoms with Gasteiger partial charge in [-0.1, -0.05) is 30.3 Å². The van der Waals surface area contributed by atoms with Crippen molar-refractivity contribution >= 4 is 29.9 Å². The molecule has 0 spiro atoms. The molecule has 2 amide bonds. The predicted molar refractivity (Wildman–Crippen MR) is 91.2 cm³/mol. The number of nitrogens with zero attached hydrogens (tertiary/aromatic N) is 2. The molecular formula is C18H16N2O4S. The summed E-state index contributed by atoms with van der Waals surface area (Å²) in [6.07, 6.45) is 1.58. The van der Waals surface area contributed by atoms with Crippen molar-refractivity contribution in [2.24, 2.45) is 0 Å². The van der Waals surface area contributed by atoms with E-state index in [1.807, 2.05) is 30.3 Å². The molecule has 2 aromatic rings. The Balaban J connectivity index is 1.62. The van der Waals surface area contributed by atoms with Gasteiger partial charge >= 0.3 is 0 Å². The first kappa shape index (κ1) is 17.3. The van der Waals surface area contributed by atoms with Crippen molar-refractivity contribution in [1.82, 2.24) is 10.0 Å². The van der Waals surface area contributed by atoms with Crippen molar-refractivity contribution in [3.8, 4) is 0 Å².